The van der Waals surface area contributed by atoms with Gasteiger partial charge in [-0.1, -0.05) is 38.5 Å². The summed E-state index contributed by atoms with van der Waals surface area (Å²) in [7, 11) is 0. The molecule has 2 N–H and O–H groups in total. The molecule has 2 fully saturated rings. The Morgan fingerprint density at radius 2 is 1.83 bits per heavy atom. The summed E-state index contributed by atoms with van der Waals surface area (Å²) in [5, 5.41) is 12.2. The summed E-state index contributed by atoms with van der Waals surface area (Å²) >= 11 is 0. The lowest BCUT2D eigenvalue weighted by Gasteiger charge is -2.35. The molecule has 130 valence electrons. The molecule has 2 aromatic heterocycles. The van der Waals surface area contributed by atoms with Gasteiger partial charge in [0.15, 0.2) is 5.65 Å². The van der Waals surface area contributed by atoms with Crippen molar-refractivity contribution < 1.29 is 0 Å². The highest BCUT2D eigenvalue weighted by molar-refractivity contribution is 5.71. The number of aromatic nitrogens is 3. The number of imidazole rings is 1. The first-order valence-corrected chi connectivity index (χ1v) is 9.61. The SMILES string of the molecule is CC1(Nc2cc(NC3CCCCC3)nn3ccnc23)CCCCC1. The van der Waals surface area contributed by atoms with Gasteiger partial charge in [-0.25, -0.2) is 9.50 Å². The highest BCUT2D eigenvalue weighted by Crippen LogP contribution is 2.33. The van der Waals surface area contributed by atoms with Gasteiger partial charge in [0.05, 0.1) is 5.69 Å². The topological polar surface area (TPSA) is 54.2 Å². The van der Waals surface area contributed by atoms with E-state index < -0.39 is 0 Å². The van der Waals surface area contributed by atoms with Crippen molar-refractivity contribution in [3.8, 4) is 0 Å². The average Bonchev–Trinajstić information content (AvgIpc) is 3.05. The van der Waals surface area contributed by atoms with Crippen molar-refractivity contribution in [3.63, 3.8) is 0 Å². The molecule has 5 nitrogen and oxygen atoms in total. The lowest BCUT2D eigenvalue weighted by Crippen LogP contribution is -2.37. The van der Waals surface area contributed by atoms with Crippen molar-refractivity contribution in [3.05, 3.63) is 18.5 Å². The molecule has 0 saturated heterocycles. The van der Waals surface area contributed by atoms with Crippen LogP contribution in [0.2, 0.25) is 0 Å². The monoisotopic (exact) mass is 327 g/mol. The molecule has 0 radical (unpaired) electrons. The third-order valence-corrected chi connectivity index (χ3v) is 5.71. The minimum atomic E-state index is 0.175. The second-order valence-corrected chi connectivity index (χ2v) is 7.86. The fraction of sp³-hybridized carbons (Fsp3) is 0.684. The lowest BCUT2D eigenvalue weighted by atomic mass is 9.83. The summed E-state index contributed by atoms with van der Waals surface area (Å²) in [4.78, 5) is 4.51. The fourth-order valence-corrected chi connectivity index (χ4v) is 4.32. The first-order chi connectivity index (χ1) is 11.7. The molecule has 2 heterocycles. The third-order valence-electron chi connectivity index (χ3n) is 5.71. The number of hydrogen-bond donors (Lipinski definition) is 2. The van der Waals surface area contributed by atoms with E-state index in [2.05, 4.69) is 28.6 Å². The van der Waals surface area contributed by atoms with Gasteiger partial charge >= 0.3 is 0 Å². The average molecular weight is 327 g/mol. The van der Waals surface area contributed by atoms with E-state index in [1.807, 2.05) is 16.9 Å². The molecule has 24 heavy (non-hydrogen) atoms. The molecule has 0 atom stereocenters. The molecule has 0 amide bonds. The normalized spacial score (nSPS) is 21.7. The van der Waals surface area contributed by atoms with Crippen molar-refractivity contribution in [2.24, 2.45) is 0 Å². The van der Waals surface area contributed by atoms with Crippen molar-refractivity contribution in [1.29, 1.82) is 0 Å². The summed E-state index contributed by atoms with van der Waals surface area (Å²) < 4.78 is 1.90. The summed E-state index contributed by atoms with van der Waals surface area (Å²) in [6.07, 6.45) is 16.8. The zero-order valence-electron chi connectivity index (χ0n) is 14.7. The predicted molar refractivity (Wildman–Crippen MR) is 98.6 cm³/mol. The highest BCUT2D eigenvalue weighted by atomic mass is 15.3. The molecular weight excluding hydrogens is 298 g/mol. The summed E-state index contributed by atoms with van der Waals surface area (Å²) in [6.45, 7) is 2.35. The van der Waals surface area contributed by atoms with Gasteiger partial charge in [-0.3, -0.25) is 0 Å². The molecule has 2 aliphatic carbocycles. The largest absolute Gasteiger partial charge is 0.377 e. The van der Waals surface area contributed by atoms with Crippen LogP contribution in [0.5, 0.6) is 0 Å². The molecule has 0 unspecified atom stereocenters. The molecule has 5 heteroatoms. The number of hydrogen-bond acceptors (Lipinski definition) is 4. The Balaban J connectivity index is 1.59. The van der Waals surface area contributed by atoms with Crippen LogP contribution >= 0.6 is 0 Å². The molecule has 2 saturated carbocycles. The molecule has 2 aliphatic rings. The second-order valence-electron chi connectivity index (χ2n) is 7.86. The zero-order chi connectivity index (χ0) is 16.4. The maximum atomic E-state index is 4.71. The van der Waals surface area contributed by atoms with Crippen LogP contribution in [0.15, 0.2) is 18.5 Å². The van der Waals surface area contributed by atoms with Crippen LogP contribution in [0.25, 0.3) is 5.65 Å². The molecule has 0 spiro atoms. The van der Waals surface area contributed by atoms with E-state index in [-0.39, 0.29) is 5.54 Å². The second kappa shape index (κ2) is 6.61. The molecule has 0 bridgehead atoms. The number of rotatable bonds is 4. The van der Waals surface area contributed by atoms with E-state index in [4.69, 9.17) is 5.10 Å². The van der Waals surface area contributed by atoms with Crippen LogP contribution in [0, 0.1) is 0 Å². The van der Waals surface area contributed by atoms with Crippen LogP contribution in [0.1, 0.15) is 71.1 Å². The van der Waals surface area contributed by atoms with Crippen LogP contribution in [0.3, 0.4) is 0 Å². The number of fused-ring (bicyclic) bond motifs is 1. The van der Waals surface area contributed by atoms with Gasteiger partial charge in [-0.05, 0) is 32.6 Å². The van der Waals surface area contributed by atoms with Gasteiger partial charge in [0.25, 0.3) is 0 Å². The first kappa shape index (κ1) is 15.7. The summed E-state index contributed by atoms with van der Waals surface area (Å²) in [5.74, 6) is 0.967. The fourth-order valence-electron chi connectivity index (χ4n) is 4.32. The Hall–Kier alpha value is -1.78. The zero-order valence-corrected chi connectivity index (χ0v) is 14.7. The smallest absolute Gasteiger partial charge is 0.177 e. The quantitative estimate of drug-likeness (QED) is 0.861. The van der Waals surface area contributed by atoms with Crippen molar-refractivity contribution in [1.82, 2.24) is 14.6 Å². The highest BCUT2D eigenvalue weighted by Gasteiger charge is 2.27. The number of nitrogens with zero attached hydrogens (tertiary/aromatic N) is 3. The van der Waals surface area contributed by atoms with Crippen molar-refractivity contribution >= 4 is 17.2 Å². The van der Waals surface area contributed by atoms with Crippen LogP contribution in [-0.4, -0.2) is 26.2 Å². The van der Waals surface area contributed by atoms with E-state index in [1.165, 1.54) is 64.2 Å². The maximum absolute atomic E-state index is 4.71. The van der Waals surface area contributed by atoms with Gasteiger partial charge in [0.2, 0.25) is 0 Å². The number of nitrogens with one attached hydrogen (secondary N) is 2. The number of anilines is 2. The van der Waals surface area contributed by atoms with Gasteiger partial charge in [-0.15, -0.1) is 5.10 Å². The lowest BCUT2D eigenvalue weighted by molar-refractivity contribution is 0.349. The van der Waals surface area contributed by atoms with Gasteiger partial charge in [-0.2, -0.15) is 0 Å². The molecule has 0 aliphatic heterocycles. The van der Waals surface area contributed by atoms with Crippen LogP contribution in [0.4, 0.5) is 11.5 Å². The molecule has 4 rings (SSSR count). The molecular formula is C19H29N5. The Morgan fingerprint density at radius 1 is 1.08 bits per heavy atom. The van der Waals surface area contributed by atoms with Gasteiger partial charge < -0.3 is 10.6 Å². The van der Waals surface area contributed by atoms with Crippen LogP contribution < -0.4 is 10.6 Å². The van der Waals surface area contributed by atoms with E-state index in [0.717, 1.165) is 17.2 Å². The Morgan fingerprint density at radius 3 is 2.62 bits per heavy atom. The minimum Gasteiger partial charge on any atom is -0.377 e. The van der Waals surface area contributed by atoms with Gasteiger partial charge in [0, 0.05) is 30.0 Å². The standard InChI is InChI=1S/C19H29N5/c1-19(10-6-3-7-11-19)22-16-14-17(21-15-8-4-2-5-9-15)23-24-13-12-20-18(16)24/h12-15,22H,2-11H2,1H3,(H,21,23). The first-order valence-electron chi connectivity index (χ1n) is 9.61. The van der Waals surface area contributed by atoms with E-state index >= 15 is 0 Å². The van der Waals surface area contributed by atoms with Crippen molar-refractivity contribution in [2.45, 2.75) is 82.7 Å². The van der Waals surface area contributed by atoms with Crippen molar-refractivity contribution in [2.75, 3.05) is 10.6 Å². The van der Waals surface area contributed by atoms with E-state index in [1.54, 1.807) is 0 Å². The Labute approximate surface area is 144 Å². The maximum Gasteiger partial charge on any atom is 0.177 e. The third kappa shape index (κ3) is 3.35. The van der Waals surface area contributed by atoms with E-state index in [9.17, 15) is 0 Å². The Bertz CT molecular complexity index is 680. The predicted octanol–water partition coefficient (Wildman–Crippen LogP) is 4.61. The summed E-state index contributed by atoms with van der Waals surface area (Å²) in [5.41, 5.74) is 2.21. The summed E-state index contributed by atoms with van der Waals surface area (Å²) in [6, 6.07) is 2.72. The minimum absolute atomic E-state index is 0.175. The van der Waals surface area contributed by atoms with Gasteiger partial charge in [0.1, 0.15) is 5.82 Å². The molecule has 2 aromatic rings. The van der Waals surface area contributed by atoms with Crippen LogP contribution in [-0.2, 0) is 0 Å². The Kier molecular flexibility index (Phi) is 4.33. The van der Waals surface area contributed by atoms with E-state index in [0.29, 0.717) is 6.04 Å². The molecule has 0 aromatic carbocycles.